The topological polar surface area (TPSA) is 71.4 Å². The van der Waals surface area contributed by atoms with Crippen LogP contribution in [-0.2, 0) is 13.9 Å². The first-order valence-corrected chi connectivity index (χ1v) is 13.8. The molecule has 0 aromatic heterocycles. The monoisotopic (exact) mass is 414 g/mol. The van der Waals surface area contributed by atoms with E-state index in [-0.39, 0.29) is 22.9 Å². The second-order valence-electron chi connectivity index (χ2n) is 10.2. The Labute approximate surface area is 167 Å². The molecule has 0 aliphatic heterocycles. The van der Waals surface area contributed by atoms with Crippen LogP contribution in [0.1, 0.15) is 71.6 Å². The number of ketones is 1. The lowest BCUT2D eigenvalue weighted by molar-refractivity contribution is -0.127. The first-order valence-electron chi connectivity index (χ1n) is 10.8. The van der Waals surface area contributed by atoms with E-state index < -0.39 is 9.15 Å². The molecular weight excluding hydrogens is 380 g/mol. The third-order valence-electron chi connectivity index (χ3n) is 8.96. The second-order valence-corrected chi connectivity index (χ2v) is 13.5. The molecule has 0 amide bonds. The van der Waals surface area contributed by atoms with Crippen LogP contribution in [0.15, 0.2) is 0 Å². The lowest BCUT2D eigenvalue weighted by atomic mass is 9.49. The minimum absolute atomic E-state index is 0.0261. The zero-order chi connectivity index (χ0) is 19.4. The van der Waals surface area contributed by atoms with Gasteiger partial charge in [-0.2, -0.15) is 8.42 Å². The number of Topliss-reactive ketones (excluding diaryl/α,β-unsaturated/α-hetero) is 1. The molecule has 0 aromatic rings. The normalized spacial score (nSPS) is 47.0. The van der Waals surface area contributed by atoms with E-state index in [1.54, 1.807) is 0 Å². The van der Waals surface area contributed by atoms with Gasteiger partial charge in [-0.1, -0.05) is 20.3 Å². The summed E-state index contributed by atoms with van der Waals surface area (Å²) >= 11 is 0. The summed E-state index contributed by atoms with van der Waals surface area (Å²) in [5.41, 5.74) is 0.0345. The van der Waals surface area contributed by atoms with Gasteiger partial charge in [-0.25, -0.2) is 0 Å². The number of rotatable bonds is 4. The summed E-state index contributed by atoms with van der Waals surface area (Å²) in [5, 5.41) is 0. The van der Waals surface area contributed by atoms with Crippen LogP contribution in [0.2, 0.25) is 0 Å². The van der Waals surface area contributed by atoms with E-state index in [4.69, 9.17) is 4.55 Å². The zero-order valence-corrected chi connectivity index (χ0v) is 18.2. The quantitative estimate of drug-likeness (QED) is 0.518. The van der Waals surface area contributed by atoms with Gasteiger partial charge in [0.25, 0.3) is 0 Å². The van der Waals surface area contributed by atoms with Gasteiger partial charge in [-0.05, 0) is 92.3 Å². The predicted octanol–water partition coefficient (Wildman–Crippen LogP) is 5.00. The fourth-order valence-electron chi connectivity index (χ4n) is 7.85. The van der Waals surface area contributed by atoms with Crippen molar-refractivity contribution in [2.75, 3.05) is 5.75 Å². The van der Waals surface area contributed by atoms with Gasteiger partial charge in [-0.3, -0.25) is 9.35 Å². The standard InChI is InChI=1S/C21H34O4S2/c1-13-3-5-15-14(11-13)4-6-17-16(15)9-10-21(2)18(17)7-8-19(21)20(22)12-26-27(23,24)25/h13-19H,3-12H2,1-2H3,(H,23,24,25)/t13-,14-,15-,16?,17?,18?,19+,21-/m0/s1. The van der Waals surface area contributed by atoms with Crippen LogP contribution in [0.4, 0.5) is 0 Å². The highest BCUT2D eigenvalue weighted by molar-refractivity contribution is 8.70. The Balaban J connectivity index is 1.47. The highest BCUT2D eigenvalue weighted by Gasteiger charge is 2.58. The smallest absolute Gasteiger partial charge is 0.298 e. The molecule has 4 fully saturated rings. The van der Waals surface area contributed by atoms with Gasteiger partial charge in [0.2, 0.25) is 0 Å². The minimum atomic E-state index is -4.14. The molecule has 0 aromatic carbocycles. The van der Waals surface area contributed by atoms with Gasteiger partial charge in [0.15, 0.2) is 0 Å². The maximum atomic E-state index is 12.8. The number of hydrogen-bond acceptors (Lipinski definition) is 4. The summed E-state index contributed by atoms with van der Waals surface area (Å²) in [4.78, 5) is 12.8. The summed E-state index contributed by atoms with van der Waals surface area (Å²) in [5.74, 6) is 4.89. The van der Waals surface area contributed by atoms with Crippen LogP contribution in [-0.4, -0.2) is 24.5 Å². The average Bonchev–Trinajstić information content (AvgIpc) is 2.96. The van der Waals surface area contributed by atoms with Crippen molar-refractivity contribution >= 4 is 25.7 Å². The number of carbonyl (C=O) groups is 1. The molecule has 0 bridgehead atoms. The molecule has 154 valence electrons. The molecule has 0 spiro atoms. The van der Waals surface area contributed by atoms with Gasteiger partial charge in [0, 0.05) is 16.7 Å². The molecule has 1 N–H and O–H groups in total. The SMILES string of the molecule is C[C@H]1CC[C@@H]2C3CC[C@@]4(C)C(CC[C@@H]4C(=O)CSS(=O)(=O)O)C3CC[C@H]2C1. The maximum absolute atomic E-state index is 12.8. The Morgan fingerprint density at radius 3 is 2.52 bits per heavy atom. The molecule has 0 saturated heterocycles. The van der Waals surface area contributed by atoms with Crippen LogP contribution >= 0.6 is 10.8 Å². The number of fused-ring (bicyclic) bond motifs is 5. The number of hydrogen-bond donors (Lipinski definition) is 1. The van der Waals surface area contributed by atoms with E-state index in [9.17, 15) is 13.2 Å². The highest BCUT2D eigenvalue weighted by atomic mass is 33.1. The molecule has 3 unspecified atom stereocenters. The van der Waals surface area contributed by atoms with E-state index in [1.165, 1.54) is 38.5 Å². The first kappa shape index (κ1) is 20.2. The van der Waals surface area contributed by atoms with Crippen LogP contribution in [0.5, 0.6) is 0 Å². The lowest BCUT2D eigenvalue weighted by Crippen LogP contribution is -2.49. The summed E-state index contributed by atoms with van der Waals surface area (Å²) in [6.07, 6.45) is 11.3. The van der Waals surface area contributed by atoms with Gasteiger partial charge in [-0.15, -0.1) is 0 Å². The Hall–Kier alpha value is -0.0700. The van der Waals surface area contributed by atoms with Gasteiger partial charge >= 0.3 is 9.15 Å². The predicted molar refractivity (Wildman–Crippen MR) is 109 cm³/mol. The molecule has 4 rings (SSSR count). The minimum Gasteiger partial charge on any atom is -0.298 e. The van der Waals surface area contributed by atoms with Crippen molar-refractivity contribution in [3.8, 4) is 0 Å². The van der Waals surface area contributed by atoms with Gasteiger partial charge in [0.1, 0.15) is 5.78 Å². The first-order chi connectivity index (χ1) is 12.7. The molecule has 6 heteroatoms. The van der Waals surface area contributed by atoms with Gasteiger partial charge < -0.3 is 0 Å². The van der Waals surface area contributed by atoms with Crippen molar-refractivity contribution in [1.82, 2.24) is 0 Å². The fourth-order valence-corrected chi connectivity index (χ4v) is 9.11. The largest absolute Gasteiger partial charge is 0.320 e. The van der Waals surface area contributed by atoms with Crippen LogP contribution in [0, 0.1) is 46.8 Å². The number of carbonyl (C=O) groups excluding carboxylic acids is 1. The van der Waals surface area contributed by atoms with E-state index in [2.05, 4.69) is 13.8 Å². The summed E-state index contributed by atoms with van der Waals surface area (Å²) in [6.45, 7) is 4.72. The maximum Gasteiger partial charge on any atom is 0.320 e. The van der Waals surface area contributed by atoms with Crippen molar-refractivity contribution in [2.45, 2.75) is 71.6 Å². The highest BCUT2D eigenvalue weighted by Crippen LogP contribution is 2.64. The molecule has 4 aliphatic rings. The van der Waals surface area contributed by atoms with Crippen molar-refractivity contribution in [1.29, 1.82) is 0 Å². The van der Waals surface area contributed by atoms with Crippen LogP contribution in [0.25, 0.3) is 0 Å². The Kier molecular flexibility index (Phi) is 5.48. The summed E-state index contributed by atoms with van der Waals surface area (Å²) < 4.78 is 31.0. The van der Waals surface area contributed by atoms with Crippen molar-refractivity contribution in [2.24, 2.45) is 46.8 Å². The third kappa shape index (κ3) is 3.75. The van der Waals surface area contributed by atoms with Crippen molar-refractivity contribution in [3.63, 3.8) is 0 Å². The second kappa shape index (κ2) is 7.32. The van der Waals surface area contributed by atoms with Gasteiger partial charge in [0.05, 0.1) is 5.75 Å². The molecule has 8 atom stereocenters. The molecule has 0 heterocycles. The van der Waals surface area contributed by atoms with E-state index in [1.807, 2.05) is 0 Å². The summed E-state index contributed by atoms with van der Waals surface area (Å²) in [7, 11) is -3.76. The van der Waals surface area contributed by atoms with Crippen LogP contribution in [0.3, 0.4) is 0 Å². The molecule has 0 radical (unpaired) electrons. The molecule has 4 aliphatic carbocycles. The van der Waals surface area contributed by atoms with Crippen molar-refractivity contribution < 1.29 is 17.8 Å². The van der Waals surface area contributed by atoms with Crippen LogP contribution < -0.4 is 0 Å². The fraction of sp³-hybridized carbons (Fsp3) is 0.952. The lowest BCUT2D eigenvalue weighted by Gasteiger charge is -2.56. The Bertz CT molecular complexity index is 690. The van der Waals surface area contributed by atoms with E-state index in [0.717, 1.165) is 48.9 Å². The molecule has 27 heavy (non-hydrogen) atoms. The molecule has 4 nitrogen and oxygen atoms in total. The Morgan fingerprint density at radius 1 is 1.04 bits per heavy atom. The van der Waals surface area contributed by atoms with E-state index in [0.29, 0.717) is 16.7 Å². The van der Waals surface area contributed by atoms with E-state index >= 15 is 0 Å². The Morgan fingerprint density at radius 2 is 1.78 bits per heavy atom. The third-order valence-corrected chi connectivity index (χ3v) is 10.9. The zero-order valence-electron chi connectivity index (χ0n) is 16.6. The summed E-state index contributed by atoms with van der Waals surface area (Å²) in [6, 6.07) is 0. The average molecular weight is 415 g/mol. The molecule has 4 saturated carbocycles. The van der Waals surface area contributed by atoms with Crippen molar-refractivity contribution in [3.05, 3.63) is 0 Å². The molecular formula is C21H34O4S2.